The molecular formula is C58H81N3O12. The standard InChI is InChI=1S/C32H46N2O6.C20H24O6.C6H11N/c1-6-20-33(21-7-2)31(39)27(24-29(35)36)19-17-15-13-11-12-14-16-18-26(10-5)28(25-30(37)38)32(40)34(22-8-3)23-9-4;1-2-14(16-13-18(22)26-20(16)24)10-8-6-4-3-5-7-9-11-15-12-17(21)25-19(15)23;1-3-5-7-6-4-2/h6-10,12,14-15,17,26-28H,1-5,11,13,16,18-25H2,(H,35,36)(H,37,38);2,4,6-7,9,14-16H,1,3,5,8,10-13H2;3-4,7H,1-2,5-6H2/b14-12-,17-15+;6-4-,9-7+;. The Hall–Kier alpha value is -7.00. The number of carboxylic acid groups (broad SMARTS) is 2. The quantitative estimate of drug-likeness (QED) is 0.0228. The number of carbonyl (C=O) groups excluding carboxylic acids is 6. The molecule has 3 N–H and O–H groups in total. The van der Waals surface area contributed by atoms with Gasteiger partial charge in [-0.2, -0.15) is 0 Å². The van der Waals surface area contributed by atoms with Crippen LogP contribution in [0.4, 0.5) is 0 Å². The van der Waals surface area contributed by atoms with Gasteiger partial charge in [0.1, 0.15) is 0 Å². The predicted octanol–water partition coefficient (Wildman–Crippen LogP) is 9.41. The Labute approximate surface area is 433 Å². The van der Waals surface area contributed by atoms with Crippen LogP contribution in [0, 0.1) is 35.5 Å². The van der Waals surface area contributed by atoms with E-state index in [1.165, 1.54) is 9.80 Å². The number of nitrogens with one attached hydrogen (secondary N) is 1. The van der Waals surface area contributed by atoms with E-state index in [4.69, 9.17) is 0 Å². The Bertz CT molecular complexity index is 1950. The van der Waals surface area contributed by atoms with Crippen LogP contribution < -0.4 is 5.32 Å². The molecule has 2 heterocycles. The summed E-state index contributed by atoms with van der Waals surface area (Å²) in [5.41, 5.74) is 0. The van der Waals surface area contributed by atoms with Crippen LogP contribution in [0.2, 0.25) is 0 Å². The summed E-state index contributed by atoms with van der Waals surface area (Å²) < 4.78 is 9.09. The number of hydrogen-bond acceptors (Lipinski definition) is 11. The van der Waals surface area contributed by atoms with Crippen molar-refractivity contribution in [1.82, 2.24) is 15.1 Å². The zero-order chi connectivity index (χ0) is 54.8. The average Bonchev–Trinajstić information content (AvgIpc) is 3.87. The first kappa shape index (κ1) is 66.0. The van der Waals surface area contributed by atoms with Gasteiger partial charge >= 0.3 is 35.8 Å². The molecule has 2 aliphatic rings. The number of allylic oxidation sites excluding steroid dienone is 10. The van der Waals surface area contributed by atoms with Gasteiger partial charge in [0.15, 0.2) is 0 Å². The Kier molecular flexibility index (Phi) is 37.6. The van der Waals surface area contributed by atoms with Crippen molar-refractivity contribution in [3.63, 3.8) is 0 Å². The molecule has 2 rings (SSSR count). The number of amides is 2. The SMILES string of the molecule is C=CC(CC/C=C\CC/C=C/CC1CC(=O)OC1=O)C1CC(=O)OC1=O.C=CCN(CC=C)C(=O)C(C/C=C/CC/C=C\CCC(C=C)C(CC(=O)O)C(=O)N(CC=C)CC=C)CC(=O)O.C=CCNCC=C. The number of hydrogen-bond donors (Lipinski definition) is 3. The molecule has 0 spiro atoms. The van der Waals surface area contributed by atoms with E-state index in [-0.39, 0.29) is 55.3 Å². The molecule has 400 valence electrons. The molecule has 6 atom stereocenters. The van der Waals surface area contributed by atoms with Gasteiger partial charge in [-0.3, -0.25) is 38.4 Å². The lowest BCUT2D eigenvalue weighted by molar-refractivity contribution is -0.155. The van der Waals surface area contributed by atoms with Crippen LogP contribution in [-0.4, -0.2) is 107 Å². The minimum atomic E-state index is -1.04. The van der Waals surface area contributed by atoms with Crippen molar-refractivity contribution >= 4 is 47.6 Å². The Balaban J connectivity index is 0.00000133. The van der Waals surface area contributed by atoms with Crippen LogP contribution in [0.25, 0.3) is 0 Å². The van der Waals surface area contributed by atoms with E-state index >= 15 is 0 Å². The maximum Gasteiger partial charge on any atom is 0.317 e. The summed E-state index contributed by atoms with van der Waals surface area (Å²) in [4.78, 5) is 96.7. The lowest BCUT2D eigenvalue weighted by Crippen LogP contribution is -2.40. The van der Waals surface area contributed by atoms with Crippen LogP contribution in [0.5, 0.6) is 0 Å². The summed E-state index contributed by atoms with van der Waals surface area (Å²) in [5.74, 6) is -6.76. The molecule has 2 saturated heterocycles. The number of aliphatic carboxylic acids is 2. The normalized spacial score (nSPS) is 16.7. The summed E-state index contributed by atoms with van der Waals surface area (Å²) >= 11 is 0. The topological polar surface area (TPSA) is 214 Å². The summed E-state index contributed by atoms with van der Waals surface area (Å²) in [6, 6.07) is 0. The van der Waals surface area contributed by atoms with Crippen LogP contribution in [0.1, 0.15) is 89.9 Å². The van der Waals surface area contributed by atoms with Crippen molar-refractivity contribution < 1.29 is 58.0 Å². The highest BCUT2D eigenvalue weighted by atomic mass is 16.6. The maximum atomic E-state index is 13.1. The Morgan fingerprint density at radius 1 is 0.562 bits per heavy atom. The van der Waals surface area contributed by atoms with E-state index < -0.39 is 53.6 Å². The largest absolute Gasteiger partial charge is 0.481 e. The number of carbonyl (C=O) groups is 8. The fraction of sp³-hybridized carbons (Fsp3) is 0.448. The predicted molar refractivity (Wildman–Crippen MR) is 287 cm³/mol. The van der Waals surface area contributed by atoms with Gasteiger partial charge in [0, 0.05) is 39.3 Å². The zero-order valence-corrected chi connectivity index (χ0v) is 42.9. The first-order valence-electron chi connectivity index (χ1n) is 24.8. The molecule has 0 radical (unpaired) electrons. The van der Waals surface area contributed by atoms with Crippen molar-refractivity contribution in [3.05, 3.63) is 150 Å². The summed E-state index contributed by atoms with van der Waals surface area (Å²) in [6.07, 6.45) is 35.9. The number of carboxylic acids is 2. The molecule has 2 fully saturated rings. The molecule has 0 aliphatic carbocycles. The maximum absolute atomic E-state index is 13.1. The summed E-state index contributed by atoms with van der Waals surface area (Å²) in [6.45, 7) is 32.3. The molecule has 0 aromatic rings. The number of cyclic esters (lactones) is 4. The molecule has 15 nitrogen and oxygen atoms in total. The third kappa shape index (κ3) is 29.8. The molecule has 0 aromatic heterocycles. The molecule has 15 heteroatoms. The molecule has 2 aliphatic heterocycles. The van der Waals surface area contributed by atoms with Gasteiger partial charge < -0.3 is 34.8 Å². The summed E-state index contributed by atoms with van der Waals surface area (Å²) in [5, 5.41) is 21.7. The Morgan fingerprint density at radius 3 is 1.47 bits per heavy atom. The van der Waals surface area contributed by atoms with E-state index in [1.54, 1.807) is 36.5 Å². The molecule has 2 amide bonds. The van der Waals surface area contributed by atoms with Gasteiger partial charge in [0.25, 0.3) is 0 Å². The highest BCUT2D eigenvalue weighted by Crippen LogP contribution is 2.29. The van der Waals surface area contributed by atoms with Crippen LogP contribution in [0.15, 0.2) is 150 Å². The van der Waals surface area contributed by atoms with Crippen molar-refractivity contribution in [2.24, 2.45) is 35.5 Å². The first-order valence-corrected chi connectivity index (χ1v) is 24.8. The van der Waals surface area contributed by atoms with E-state index in [0.717, 1.165) is 51.6 Å². The molecule has 6 unspecified atom stereocenters. The monoisotopic (exact) mass is 1010 g/mol. The number of nitrogens with zero attached hydrogens (tertiary/aromatic N) is 2. The number of unbranched alkanes of at least 4 members (excludes halogenated alkanes) is 2. The smallest absolute Gasteiger partial charge is 0.317 e. The third-order valence-electron chi connectivity index (χ3n) is 11.4. The number of esters is 4. The van der Waals surface area contributed by atoms with E-state index in [0.29, 0.717) is 51.9 Å². The average molecular weight is 1010 g/mol. The fourth-order valence-electron chi connectivity index (χ4n) is 7.68. The number of ether oxygens (including phenoxy) is 2. The van der Waals surface area contributed by atoms with E-state index in [9.17, 15) is 48.6 Å². The van der Waals surface area contributed by atoms with Crippen molar-refractivity contribution in [2.75, 3.05) is 39.3 Å². The van der Waals surface area contributed by atoms with E-state index in [1.807, 2.05) is 48.6 Å². The lowest BCUT2D eigenvalue weighted by Gasteiger charge is -2.28. The van der Waals surface area contributed by atoms with Gasteiger partial charge in [0.2, 0.25) is 11.8 Å². The van der Waals surface area contributed by atoms with Gasteiger partial charge in [-0.25, -0.2) is 0 Å². The summed E-state index contributed by atoms with van der Waals surface area (Å²) in [7, 11) is 0. The van der Waals surface area contributed by atoms with Crippen molar-refractivity contribution in [2.45, 2.75) is 89.9 Å². The van der Waals surface area contributed by atoms with Crippen molar-refractivity contribution in [3.8, 4) is 0 Å². The van der Waals surface area contributed by atoms with Crippen LogP contribution >= 0.6 is 0 Å². The number of rotatable bonds is 38. The van der Waals surface area contributed by atoms with E-state index in [2.05, 4.69) is 79.6 Å². The lowest BCUT2D eigenvalue weighted by atomic mass is 9.84. The fourth-order valence-corrected chi connectivity index (χ4v) is 7.68. The van der Waals surface area contributed by atoms with Gasteiger partial charge in [0.05, 0.1) is 49.4 Å². The van der Waals surface area contributed by atoms with Gasteiger partial charge in [-0.1, -0.05) is 97.2 Å². The Morgan fingerprint density at radius 2 is 1.03 bits per heavy atom. The molecule has 0 saturated carbocycles. The molecule has 0 bridgehead atoms. The highest BCUT2D eigenvalue weighted by Gasteiger charge is 2.38. The highest BCUT2D eigenvalue weighted by molar-refractivity contribution is 5.95. The minimum absolute atomic E-state index is 0.0487. The minimum Gasteiger partial charge on any atom is -0.481 e. The molecular weight excluding hydrogens is 931 g/mol. The van der Waals surface area contributed by atoms with Crippen LogP contribution in [0.3, 0.4) is 0 Å². The van der Waals surface area contributed by atoms with Crippen molar-refractivity contribution in [1.29, 1.82) is 0 Å². The molecule has 73 heavy (non-hydrogen) atoms. The second kappa shape index (κ2) is 41.6. The van der Waals surface area contributed by atoms with Gasteiger partial charge in [-0.15, -0.1) is 52.6 Å². The molecule has 0 aromatic carbocycles. The van der Waals surface area contributed by atoms with Gasteiger partial charge in [-0.05, 0) is 76.0 Å². The van der Waals surface area contributed by atoms with Crippen LogP contribution in [-0.2, 0) is 47.8 Å². The third-order valence-corrected chi connectivity index (χ3v) is 11.4. The second-order valence-electron chi connectivity index (χ2n) is 17.1. The zero-order valence-electron chi connectivity index (χ0n) is 42.9. The first-order chi connectivity index (χ1) is 35.1. The second-order valence-corrected chi connectivity index (χ2v) is 17.1.